The van der Waals surface area contributed by atoms with Crippen molar-refractivity contribution in [3.8, 4) is 0 Å². The molecule has 0 aliphatic rings. The van der Waals surface area contributed by atoms with Gasteiger partial charge in [-0.25, -0.2) is 4.79 Å². The third-order valence-electron chi connectivity index (χ3n) is 0.913. The van der Waals surface area contributed by atoms with E-state index in [4.69, 9.17) is 15.6 Å². The fourth-order valence-electron chi connectivity index (χ4n) is 0.500. The van der Waals surface area contributed by atoms with E-state index in [2.05, 4.69) is 4.74 Å². The summed E-state index contributed by atoms with van der Waals surface area (Å²) in [5.74, 6) is 0. The number of rotatable bonds is 6. The topological polar surface area (TPSA) is 81.8 Å². The average molecular weight is 163 g/mol. The molecule has 0 saturated carbocycles. The first-order valence-corrected chi connectivity index (χ1v) is 3.38. The molecule has 0 unspecified atom stereocenters. The molecular formula is C6H13NO4. The number of aliphatic hydroxyl groups is 1. The molecule has 0 aliphatic carbocycles. The van der Waals surface area contributed by atoms with Crippen LogP contribution in [0.3, 0.4) is 0 Å². The molecule has 0 aromatic heterocycles. The maximum atomic E-state index is 10.0. The van der Waals surface area contributed by atoms with Crippen molar-refractivity contribution < 1.29 is 19.4 Å². The van der Waals surface area contributed by atoms with Crippen LogP contribution in [0.25, 0.3) is 0 Å². The van der Waals surface area contributed by atoms with Crippen LogP contribution >= 0.6 is 0 Å². The third-order valence-corrected chi connectivity index (χ3v) is 0.913. The Hall–Kier alpha value is -0.810. The van der Waals surface area contributed by atoms with Crippen molar-refractivity contribution in [2.45, 2.75) is 6.42 Å². The largest absolute Gasteiger partial charge is 0.450 e. The van der Waals surface area contributed by atoms with Gasteiger partial charge in [0.25, 0.3) is 0 Å². The number of hydrogen-bond acceptors (Lipinski definition) is 4. The lowest BCUT2D eigenvalue weighted by Crippen LogP contribution is -2.14. The van der Waals surface area contributed by atoms with Crippen molar-refractivity contribution in [1.82, 2.24) is 0 Å². The Morgan fingerprint density at radius 3 is 2.64 bits per heavy atom. The maximum Gasteiger partial charge on any atom is 0.404 e. The lowest BCUT2D eigenvalue weighted by atomic mass is 10.5. The molecule has 0 radical (unpaired) electrons. The van der Waals surface area contributed by atoms with Crippen LogP contribution in [-0.2, 0) is 9.47 Å². The average Bonchev–Trinajstić information content (AvgIpc) is 1.96. The molecule has 5 heteroatoms. The predicted molar refractivity (Wildman–Crippen MR) is 38.1 cm³/mol. The second kappa shape index (κ2) is 7.30. The molecule has 66 valence electrons. The van der Waals surface area contributed by atoms with E-state index in [0.717, 1.165) is 0 Å². The standard InChI is InChI=1S/C6H13NO4/c7-6(9)11-4-1-3-10-5-2-8/h8H,1-5H2,(H2,7,9). The number of primary amides is 1. The number of nitrogens with two attached hydrogens (primary N) is 1. The van der Waals surface area contributed by atoms with Gasteiger partial charge in [-0.15, -0.1) is 0 Å². The minimum absolute atomic E-state index is 0.0106. The van der Waals surface area contributed by atoms with Gasteiger partial charge in [0.05, 0.1) is 19.8 Å². The van der Waals surface area contributed by atoms with E-state index in [1.54, 1.807) is 0 Å². The molecule has 3 N–H and O–H groups in total. The van der Waals surface area contributed by atoms with Crippen LogP contribution in [0.1, 0.15) is 6.42 Å². The highest BCUT2D eigenvalue weighted by molar-refractivity contribution is 5.64. The van der Waals surface area contributed by atoms with Gasteiger partial charge in [0, 0.05) is 13.0 Å². The van der Waals surface area contributed by atoms with E-state index in [-0.39, 0.29) is 13.2 Å². The minimum Gasteiger partial charge on any atom is -0.450 e. The van der Waals surface area contributed by atoms with Crippen LogP contribution in [0.5, 0.6) is 0 Å². The third kappa shape index (κ3) is 9.19. The smallest absolute Gasteiger partial charge is 0.404 e. The zero-order chi connectivity index (χ0) is 8.53. The quantitative estimate of drug-likeness (QED) is 0.516. The number of carbonyl (C=O) groups is 1. The van der Waals surface area contributed by atoms with Crippen molar-refractivity contribution in [3.63, 3.8) is 0 Å². The summed E-state index contributed by atoms with van der Waals surface area (Å²) in [5, 5.41) is 8.28. The molecule has 0 saturated heterocycles. The molecular weight excluding hydrogens is 150 g/mol. The van der Waals surface area contributed by atoms with Crippen LogP contribution in [0.15, 0.2) is 0 Å². The number of amides is 1. The highest BCUT2D eigenvalue weighted by Crippen LogP contribution is 1.84. The minimum atomic E-state index is -0.771. The van der Waals surface area contributed by atoms with Gasteiger partial charge in [-0.2, -0.15) is 0 Å². The van der Waals surface area contributed by atoms with Crippen molar-refractivity contribution in [3.05, 3.63) is 0 Å². The van der Waals surface area contributed by atoms with Gasteiger partial charge in [0.1, 0.15) is 0 Å². The first-order chi connectivity index (χ1) is 5.27. The van der Waals surface area contributed by atoms with Gasteiger partial charge >= 0.3 is 6.09 Å². The lowest BCUT2D eigenvalue weighted by molar-refractivity contribution is 0.0770. The Kier molecular flexibility index (Phi) is 6.76. The summed E-state index contributed by atoms with van der Waals surface area (Å²) in [6, 6.07) is 0. The van der Waals surface area contributed by atoms with E-state index in [1.165, 1.54) is 0 Å². The van der Waals surface area contributed by atoms with Gasteiger partial charge in [-0.1, -0.05) is 0 Å². The second-order valence-electron chi connectivity index (χ2n) is 1.86. The van der Waals surface area contributed by atoms with Crippen LogP contribution in [0.2, 0.25) is 0 Å². The zero-order valence-corrected chi connectivity index (χ0v) is 6.28. The predicted octanol–water partition coefficient (Wildman–Crippen LogP) is -0.519. The molecule has 5 nitrogen and oxygen atoms in total. The van der Waals surface area contributed by atoms with E-state index in [0.29, 0.717) is 19.6 Å². The monoisotopic (exact) mass is 163 g/mol. The Balaban J connectivity index is 2.85. The zero-order valence-electron chi connectivity index (χ0n) is 6.28. The normalized spacial score (nSPS) is 9.55. The number of aliphatic hydroxyl groups excluding tert-OH is 1. The second-order valence-corrected chi connectivity index (χ2v) is 1.86. The number of ether oxygens (including phenoxy) is 2. The summed E-state index contributed by atoms with van der Waals surface area (Å²) in [6.45, 7) is 1.06. The van der Waals surface area contributed by atoms with E-state index in [1.807, 2.05) is 0 Å². The molecule has 0 bridgehead atoms. The van der Waals surface area contributed by atoms with Gasteiger partial charge < -0.3 is 20.3 Å². The molecule has 1 amide bonds. The van der Waals surface area contributed by atoms with Crippen LogP contribution in [0.4, 0.5) is 4.79 Å². The molecule has 0 fully saturated rings. The number of carbonyl (C=O) groups excluding carboxylic acids is 1. The SMILES string of the molecule is NC(=O)OCCCOCCO. The summed E-state index contributed by atoms with van der Waals surface area (Å²) >= 11 is 0. The summed E-state index contributed by atoms with van der Waals surface area (Å²) in [7, 11) is 0. The van der Waals surface area contributed by atoms with Crippen LogP contribution in [-0.4, -0.2) is 37.6 Å². The molecule has 0 atom stereocenters. The highest BCUT2D eigenvalue weighted by Gasteiger charge is 1.92. The molecule has 0 heterocycles. The lowest BCUT2D eigenvalue weighted by Gasteiger charge is -2.01. The summed E-state index contributed by atoms with van der Waals surface area (Å²) in [4.78, 5) is 10.0. The Labute approximate surface area is 65.1 Å². The molecule has 11 heavy (non-hydrogen) atoms. The molecule has 0 spiro atoms. The molecule has 0 aromatic carbocycles. The molecule has 0 aliphatic heterocycles. The van der Waals surface area contributed by atoms with Gasteiger partial charge in [-0.05, 0) is 0 Å². The number of hydrogen-bond donors (Lipinski definition) is 2. The summed E-state index contributed by atoms with van der Waals surface area (Å²) in [5.41, 5.74) is 4.69. The first-order valence-electron chi connectivity index (χ1n) is 3.38. The fraction of sp³-hybridized carbons (Fsp3) is 0.833. The maximum absolute atomic E-state index is 10.0. The van der Waals surface area contributed by atoms with Gasteiger partial charge in [-0.3, -0.25) is 0 Å². The highest BCUT2D eigenvalue weighted by atomic mass is 16.5. The Morgan fingerprint density at radius 1 is 1.36 bits per heavy atom. The molecule has 0 rings (SSSR count). The van der Waals surface area contributed by atoms with Crippen molar-refractivity contribution in [2.75, 3.05) is 26.4 Å². The van der Waals surface area contributed by atoms with Crippen molar-refractivity contribution >= 4 is 6.09 Å². The molecule has 0 aromatic rings. The first kappa shape index (κ1) is 10.2. The van der Waals surface area contributed by atoms with E-state index >= 15 is 0 Å². The van der Waals surface area contributed by atoms with Crippen molar-refractivity contribution in [1.29, 1.82) is 0 Å². The van der Waals surface area contributed by atoms with Crippen molar-refractivity contribution in [2.24, 2.45) is 5.73 Å². The van der Waals surface area contributed by atoms with E-state index < -0.39 is 6.09 Å². The Morgan fingerprint density at radius 2 is 2.09 bits per heavy atom. The Bertz CT molecular complexity index is 107. The summed E-state index contributed by atoms with van der Waals surface area (Å²) < 4.78 is 9.30. The van der Waals surface area contributed by atoms with Gasteiger partial charge in [0.15, 0.2) is 0 Å². The summed E-state index contributed by atoms with van der Waals surface area (Å²) in [6.07, 6.45) is -0.171. The van der Waals surface area contributed by atoms with Crippen LogP contribution in [0, 0.1) is 0 Å². The fourth-order valence-corrected chi connectivity index (χ4v) is 0.500. The van der Waals surface area contributed by atoms with Gasteiger partial charge in [0.2, 0.25) is 0 Å². The van der Waals surface area contributed by atoms with E-state index in [9.17, 15) is 4.79 Å². The van der Waals surface area contributed by atoms with Crippen LogP contribution < -0.4 is 5.73 Å².